The van der Waals surface area contributed by atoms with E-state index in [4.69, 9.17) is 0 Å². The van der Waals surface area contributed by atoms with Crippen molar-refractivity contribution in [3.63, 3.8) is 0 Å². The van der Waals surface area contributed by atoms with Crippen molar-refractivity contribution in [3.8, 4) is 11.1 Å². The first-order valence-electron chi connectivity index (χ1n) is 6.22. The van der Waals surface area contributed by atoms with Gasteiger partial charge in [0, 0.05) is 6.08 Å². The van der Waals surface area contributed by atoms with Crippen LogP contribution in [0.25, 0.3) is 17.2 Å². The van der Waals surface area contributed by atoms with Crippen molar-refractivity contribution in [2.24, 2.45) is 0 Å². The fraction of sp³-hybridized carbons (Fsp3) is 0.125. The van der Waals surface area contributed by atoms with Gasteiger partial charge in [-0.1, -0.05) is 48.5 Å². The highest BCUT2D eigenvalue weighted by molar-refractivity contribution is 5.75. The molecule has 0 heterocycles. The molecule has 2 aromatic rings. The van der Waals surface area contributed by atoms with Crippen molar-refractivity contribution in [1.29, 1.82) is 0 Å². The average Bonchev–Trinajstić information content (AvgIpc) is 2.46. The highest BCUT2D eigenvalue weighted by atomic mass is 19.4. The predicted octanol–water partition coefficient (Wildman–Crippen LogP) is 6.16. The first-order valence-corrected chi connectivity index (χ1v) is 6.22. The molecule has 0 aliphatic heterocycles. The molecule has 0 amide bonds. The van der Waals surface area contributed by atoms with E-state index in [2.05, 4.69) is 0 Å². The highest BCUT2D eigenvalue weighted by Gasteiger charge is 2.41. The second-order valence-corrected chi connectivity index (χ2v) is 4.55. The Labute approximate surface area is 122 Å². The minimum atomic E-state index is -4.97. The zero-order valence-electron chi connectivity index (χ0n) is 11.0. The Balaban J connectivity index is 2.38. The topological polar surface area (TPSA) is 0 Å². The van der Waals surface area contributed by atoms with E-state index >= 15 is 0 Å². The Bertz CT molecular complexity index is 666. The van der Waals surface area contributed by atoms with Gasteiger partial charge in [0.2, 0.25) is 6.17 Å². The molecule has 2 aromatic carbocycles. The van der Waals surface area contributed by atoms with Crippen LogP contribution in [-0.2, 0) is 0 Å². The van der Waals surface area contributed by atoms with Crippen LogP contribution in [0, 0.1) is 0 Å². The number of hydrogen-bond acceptors (Lipinski definition) is 0. The summed E-state index contributed by atoms with van der Waals surface area (Å²) in [4.78, 5) is 0. The lowest BCUT2D eigenvalue weighted by Crippen LogP contribution is -2.16. The van der Waals surface area contributed by atoms with Gasteiger partial charge in [0.25, 0.3) is 6.08 Å². The first-order chi connectivity index (χ1) is 10.3. The molecule has 1 unspecified atom stereocenters. The maximum Gasteiger partial charge on any atom is 0.423 e. The zero-order chi connectivity index (χ0) is 16.3. The minimum Gasteiger partial charge on any atom is -0.232 e. The molecule has 0 saturated carbocycles. The van der Waals surface area contributed by atoms with E-state index in [1.54, 1.807) is 18.2 Å². The van der Waals surface area contributed by atoms with Crippen LogP contribution < -0.4 is 0 Å². The molecule has 0 spiro atoms. The second-order valence-electron chi connectivity index (χ2n) is 4.55. The third-order valence-electron chi connectivity index (χ3n) is 3.03. The summed E-state index contributed by atoms with van der Waals surface area (Å²) in [5.41, 5.74) is 0.541. The lowest BCUT2D eigenvalue weighted by molar-refractivity contribution is -0.182. The molecule has 116 valence electrons. The van der Waals surface area contributed by atoms with E-state index in [1.807, 2.05) is 0 Å². The van der Waals surface area contributed by atoms with E-state index < -0.39 is 24.0 Å². The van der Waals surface area contributed by atoms with Gasteiger partial charge in [-0.3, -0.25) is 0 Å². The summed E-state index contributed by atoms with van der Waals surface area (Å²) >= 11 is 0. The molecule has 1 atom stereocenters. The summed E-state index contributed by atoms with van der Waals surface area (Å²) in [5, 5.41) is 0. The highest BCUT2D eigenvalue weighted by Crippen LogP contribution is 2.36. The fourth-order valence-electron chi connectivity index (χ4n) is 2.02. The van der Waals surface area contributed by atoms with E-state index in [9.17, 15) is 26.3 Å². The smallest absolute Gasteiger partial charge is 0.232 e. The summed E-state index contributed by atoms with van der Waals surface area (Å²) in [6.07, 6.45) is -9.26. The van der Waals surface area contributed by atoms with Crippen molar-refractivity contribution < 1.29 is 26.3 Å². The van der Waals surface area contributed by atoms with Crippen LogP contribution in [0.5, 0.6) is 0 Å². The van der Waals surface area contributed by atoms with Crippen molar-refractivity contribution >= 4 is 6.08 Å². The Morgan fingerprint density at radius 2 is 1.50 bits per heavy atom. The molecule has 6 heteroatoms. The Hall–Kier alpha value is -2.24. The zero-order valence-corrected chi connectivity index (χ0v) is 11.0. The molecular weight excluding hydrogens is 306 g/mol. The Morgan fingerprint density at radius 1 is 0.909 bits per heavy atom. The van der Waals surface area contributed by atoms with Gasteiger partial charge in [-0.05, 0) is 22.3 Å². The number of rotatable bonds is 3. The number of alkyl halides is 4. The average molecular weight is 316 g/mol. The van der Waals surface area contributed by atoms with Crippen molar-refractivity contribution in [2.45, 2.75) is 12.3 Å². The molecule has 0 N–H and O–H groups in total. The van der Waals surface area contributed by atoms with Crippen LogP contribution >= 0.6 is 0 Å². The van der Waals surface area contributed by atoms with Crippen molar-refractivity contribution in [3.05, 3.63) is 65.7 Å². The summed E-state index contributed by atoms with van der Waals surface area (Å²) < 4.78 is 74.9. The van der Waals surface area contributed by atoms with Gasteiger partial charge in [0.15, 0.2) is 0 Å². The van der Waals surface area contributed by atoms with Gasteiger partial charge in [0.05, 0.1) is 0 Å². The molecule has 0 fully saturated rings. The van der Waals surface area contributed by atoms with Gasteiger partial charge in [-0.2, -0.15) is 22.0 Å². The van der Waals surface area contributed by atoms with Crippen LogP contribution in [-0.4, -0.2) is 6.18 Å². The predicted molar refractivity (Wildman–Crippen MR) is 72.0 cm³/mol. The van der Waals surface area contributed by atoms with Crippen LogP contribution in [0.2, 0.25) is 0 Å². The summed E-state index contributed by atoms with van der Waals surface area (Å²) in [7, 11) is 0. The maximum atomic E-state index is 13.2. The van der Waals surface area contributed by atoms with E-state index in [-0.39, 0.29) is 5.56 Å². The Kier molecular flexibility index (Phi) is 4.59. The van der Waals surface area contributed by atoms with Gasteiger partial charge < -0.3 is 0 Å². The third-order valence-corrected chi connectivity index (χ3v) is 3.03. The molecule has 0 aliphatic carbocycles. The van der Waals surface area contributed by atoms with E-state index in [0.29, 0.717) is 17.2 Å². The van der Waals surface area contributed by atoms with Crippen LogP contribution in [0.15, 0.2) is 54.6 Å². The molecule has 0 aromatic heterocycles. The second kappa shape index (κ2) is 6.25. The molecule has 0 radical (unpaired) electrons. The molecule has 0 nitrogen and oxygen atoms in total. The molecule has 2 rings (SSSR count). The third kappa shape index (κ3) is 3.69. The van der Waals surface area contributed by atoms with Crippen LogP contribution in [0.4, 0.5) is 26.3 Å². The fourth-order valence-corrected chi connectivity index (χ4v) is 2.02. The number of halogens is 6. The quantitative estimate of drug-likeness (QED) is 0.595. The summed E-state index contributed by atoms with van der Waals surface area (Å²) in [6, 6.07) is 10.7. The van der Waals surface area contributed by atoms with E-state index in [1.165, 1.54) is 18.2 Å². The van der Waals surface area contributed by atoms with E-state index in [0.717, 1.165) is 12.1 Å². The van der Waals surface area contributed by atoms with Crippen LogP contribution in [0.3, 0.4) is 0 Å². The molecule has 0 bridgehead atoms. The SMILES string of the molecule is FC(F)=Cc1ccccc1-c1ccc(C(F)C(F)(F)F)cc1. The van der Waals surface area contributed by atoms with Gasteiger partial charge in [0.1, 0.15) is 0 Å². The first kappa shape index (κ1) is 16.1. The maximum absolute atomic E-state index is 13.2. The van der Waals surface area contributed by atoms with Gasteiger partial charge in [-0.15, -0.1) is 0 Å². The molecule has 0 aliphatic rings. The van der Waals surface area contributed by atoms with Crippen molar-refractivity contribution in [2.75, 3.05) is 0 Å². The largest absolute Gasteiger partial charge is 0.423 e. The monoisotopic (exact) mass is 316 g/mol. The summed E-state index contributed by atoms with van der Waals surface area (Å²) in [5.74, 6) is 0. The van der Waals surface area contributed by atoms with Gasteiger partial charge in [-0.25, -0.2) is 4.39 Å². The number of benzene rings is 2. The Morgan fingerprint density at radius 3 is 2.05 bits per heavy atom. The number of hydrogen-bond donors (Lipinski definition) is 0. The molecule has 0 saturated heterocycles. The molecular formula is C16H10F6. The molecule has 22 heavy (non-hydrogen) atoms. The van der Waals surface area contributed by atoms with Gasteiger partial charge >= 0.3 is 6.18 Å². The normalized spacial score (nSPS) is 12.8. The lowest BCUT2D eigenvalue weighted by Gasteiger charge is -2.13. The summed E-state index contributed by atoms with van der Waals surface area (Å²) in [6.45, 7) is 0. The van der Waals surface area contributed by atoms with Crippen LogP contribution in [0.1, 0.15) is 17.3 Å². The minimum absolute atomic E-state index is 0.225. The standard InChI is InChI=1S/C16H10F6/c17-14(18)9-12-3-1-2-4-13(12)10-5-7-11(8-6-10)15(19)16(20,21)22/h1-9,15H. The van der Waals surface area contributed by atoms with Crippen molar-refractivity contribution in [1.82, 2.24) is 0 Å². The lowest BCUT2D eigenvalue weighted by atomic mass is 9.98.